The number of aromatic nitrogens is 3. The van der Waals surface area contributed by atoms with Gasteiger partial charge in [0.05, 0.1) is 6.20 Å². The van der Waals surface area contributed by atoms with Gasteiger partial charge >= 0.3 is 0 Å². The van der Waals surface area contributed by atoms with E-state index in [4.69, 9.17) is 0 Å². The van der Waals surface area contributed by atoms with Crippen molar-refractivity contribution in [2.24, 2.45) is 0 Å². The Labute approximate surface area is 147 Å². The van der Waals surface area contributed by atoms with E-state index in [1.54, 1.807) is 35.0 Å². The molecule has 1 saturated carbocycles. The largest absolute Gasteiger partial charge is 0.349 e. The Hall–Kier alpha value is -2.70. The summed E-state index contributed by atoms with van der Waals surface area (Å²) < 4.78 is 1.66. The second-order valence-electron chi connectivity index (χ2n) is 6.78. The third kappa shape index (κ3) is 4.23. The van der Waals surface area contributed by atoms with Gasteiger partial charge in [0, 0.05) is 31.2 Å². The van der Waals surface area contributed by atoms with Crippen LogP contribution in [0.2, 0.25) is 0 Å². The van der Waals surface area contributed by atoms with Crippen molar-refractivity contribution in [2.45, 2.75) is 45.3 Å². The third-order valence-electron chi connectivity index (χ3n) is 4.15. The fraction of sp³-hybridized carbons (Fsp3) is 0.444. The maximum atomic E-state index is 12.4. The Balaban J connectivity index is 1.60. The number of amides is 2. The van der Waals surface area contributed by atoms with Crippen LogP contribution >= 0.6 is 0 Å². The molecule has 0 aliphatic heterocycles. The van der Waals surface area contributed by atoms with Crippen molar-refractivity contribution in [2.75, 3.05) is 7.05 Å². The molecular weight excluding hydrogens is 318 g/mol. The molecule has 25 heavy (non-hydrogen) atoms. The Bertz CT molecular complexity index is 762. The van der Waals surface area contributed by atoms with E-state index >= 15 is 0 Å². The first-order valence-electron chi connectivity index (χ1n) is 8.51. The normalized spacial score (nSPS) is 13.8. The Kier molecular flexibility index (Phi) is 4.83. The summed E-state index contributed by atoms with van der Waals surface area (Å²) in [6.07, 6.45) is 3.80. The summed E-state index contributed by atoms with van der Waals surface area (Å²) in [5.74, 6) is -0.216. The first kappa shape index (κ1) is 17.1. The van der Waals surface area contributed by atoms with Gasteiger partial charge in [-0.3, -0.25) is 9.59 Å². The van der Waals surface area contributed by atoms with E-state index in [9.17, 15) is 9.59 Å². The van der Waals surface area contributed by atoms with Crippen molar-refractivity contribution in [3.63, 3.8) is 0 Å². The van der Waals surface area contributed by atoms with Crippen molar-refractivity contribution in [3.05, 3.63) is 47.3 Å². The number of benzene rings is 1. The zero-order valence-corrected chi connectivity index (χ0v) is 14.8. The molecule has 1 aliphatic carbocycles. The minimum Gasteiger partial charge on any atom is -0.349 e. The molecule has 132 valence electrons. The average Bonchev–Trinajstić information content (AvgIpc) is 3.26. The molecule has 0 spiro atoms. The van der Waals surface area contributed by atoms with Crippen LogP contribution in [0.25, 0.3) is 0 Å². The zero-order chi connectivity index (χ0) is 18.0. The Morgan fingerprint density at radius 2 is 1.96 bits per heavy atom. The number of hydrogen-bond acceptors (Lipinski definition) is 4. The molecule has 3 rings (SSSR count). The second-order valence-corrected chi connectivity index (χ2v) is 6.78. The Morgan fingerprint density at radius 1 is 1.28 bits per heavy atom. The summed E-state index contributed by atoms with van der Waals surface area (Å²) >= 11 is 0. The number of nitrogens with zero attached hydrogens (tertiary/aromatic N) is 4. The van der Waals surface area contributed by atoms with Gasteiger partial charge in [0.2, 0.25) is 0 Å². The van der Waals surface area contributed by atoms with Gasteiger partial charge in [-0.15, -0.1) is 5.10 Å². The summed E-state index contributed by atoms with van der Waals surface area (Å²) in [6.45, 7) is 4.40. The van der Waals surface area contributed by atoms with E-state index in [0.717, 1.165) is 18.4 Å². The predicted molar refractivity (Wildman–Crippen MR) is 93.1 cm³/mol. The lowest BCUT2D eigenvalue weighted by atomic mass is 10.1. The smallest absolute Gasteiger partial charge is 0.276 e. The highest BCUT2D eigenvalue weighted by molar-refractivity contribution is 5.94. The maximum Gasteiger partial charge on any atom is 0.276 e. The summed E-state index contributed by atoms with van der Waals surface area (Å²) in [5, 5.41) is 10.9. The van der Waals surface area contributed by atoms with Crippen LogP contribution < -0.4 is 5.32 Å². The van der Waals surface area contributed by atoms with Crippen molar-refractivity contribution < 1.29 is 9.59 Å². The highest BCUT2D eigenvalue weighted by Gasteiger charge is 2.23. The molecule has 1 aromatic heterocycles. The first-order chi connectivity index (χ1) is 11.9. The third-order valence-corrected chi connectivity index (χ3v) is 4.15. The van der Waals surface area contributed by atoms with Gasteiger partial charge in [0.25, 0.3) is 11.8 Å². The fourth-order valence-electron chi connectivity index (χ4n) is 2.43. The lowest BCUT2D eigenvalue weighted by Gasteiger charge is -2.16. The topological polar surface area (TPSA) is 80.1 Å². The van der Waals surface area contributed by atoms with E-state index in [0.29, 0.717) is 23.8 Å². The molecule has 0 unspecified atom stereocenters. The summed E-state index contributed by atoms with van der Waals surface area (Å²) in [4.78, 5) is 26.0. The highest BCUT2D eigenvalue weighted by Crippen LogP contribution is 2.19. The molecule has 0 bridgehead atoms. The molecule has 0 saturated heterocycles. The number of hydrogen-bond donors (Lipinski definition) is 1. The first-order valence-corrected chi connectivity index (χ1v) is 8.51. The van der Waals surface area contributed by atoms with Crippen molar-refractivity contribution in [1.82, 2.24) is 25.2 Å². The fourth-order valence-corrected chi connectivity index (χ4v) is 2.43. The lowest BCUT2D eigenvalue weighted by molar-refractivity contribution is 0.0778. The molecule has 7 heteroatoms. The van der Waals surface area contributed by atoms with Crippen LogP contribution in [0.15, 0.2) is 30.5 Å². The van der Waals surface area contributed by atoms with E-state index < -0.39 is 0 Å². The minimum absolute atomic E-state index is 0.0382. The molecule has 0 radical (unpaired) electrons. The summed E-state index contributed by atoms with van der Waals surface area (Å²) in [6, 6.07) is 7.83. The minimum atomic E-state index is -0.178. The number of rotatable bonds is 6. The van der Waals surface area contributed by atoms with Gasteiger partial charge in [-0.05, 0) is 44.4 Å². The molecule has 1 fully saturated rings. The van der Waals surface area contributed by atoms with Crippen molar-refractivity contribution in [3.8, 4) is 0 Å². The lowest BCUT2D eigenvalue weighted by Crippen LogP contribution is -2.27. The molecule has 2 amide bonds. The summed E-state index contributed by atoms with van der Waals surface area (Å²) in [5.41, 5.74) is 1.93. The zero-order valence-electron chi connectivity index (χ0n) is 14.8. The number of carbonyl (C=O) groups is 2. The molecule has 7 nitrogen and oxygen atoms in total. The van der Waals surface area contributed by atoms with Crippen LogP contribution in [0.5, 0.6) is 0 Å². The monoisotopic (exact) mass is 341 g/mol. The van der Waals surface area contributed by atoms with Gasteiger partial charge in [0.15, 0.2) is 5.69 Å². The molecular formula is C18H23N5O2. The number of carbonyl (C=O) groups excluding carboxylic acids is 2. The Morgan fingerprint density at radius 3 is 2.52 bits per heavy atom. The average molecular weight is 341 g/mol. The van der Waals surface area contributed by atoms with Gasteiger partial charge in [-0.25, -0.2) is 4.68 Å². The molecule has 1 N–H and O–H groups in total. The molecule has 0 atom stereocenters. The van der Waals surface area contributed by atoms with E-state index in [1.807, 2.05) is 26.0 Å². The van der Waals surface area contributed by atoms with Gasteiger partial charge in [-0.1, -0.05) is 17.3 Å². The molecule has 2 aromatic rings. The van der Waals surface area contributed by atoms with Crippen LogP contribution in [0.1, 0.15) is 59.1 Å². The van der Waals surface area contributed by atoms with Crippen molar-refractivity contribution >= 4 is 11.8 Å². The van der Waals surface area contributed by atoms with Crippen LogP contribution in [0.4, 0.5) is 0 Å². The van der Waals surface area contributed by atoms with Crippen LogP contribution in [-0.4, -0.2) is 44.8 Å². The SMILES string of the molecule is CC(C)n1cc(C(=O)N(C)Cc2ccc(C(=O)NC3CC3)cc2)nn1. The van der Waals surface area contributed by atoms with Crippen LogP contribution in [0, 0.1) is 0 Å². The second kappa shape index (κ2) is 7.04. The maximum absolute atomic E-state index is 12.4. The standard InChI is InChI=1S/C18H23N5O2/c1-12(2)23-11-16(20-21-23)18(25)22(3)10-13-4-6-14(7-5-13)17(24)19-15-8-9-15/h4-7,11-12,15H,8-10H2,1-3H3,(H,19,24). The van der Waals surface area contributed by atoms with E-state index in [1.165, 1.54) is 0 Å². The van der Waals surface area contributed by atoms with Gasteiger partial charge in [-0.2, -0.15) is 0 Å². The predicted octanol–water partition coefficient (Wildman–Crippen LogP) is 2.02. The van der Waals surface area contributed by atoms with Gasteiger partial charge in [0.1, 0.15) is 0 Å². The summed E-state index contributed by atoms with van der Waals surface area (Å²) in [7, 11) is 1.73. The molecule has 1 aromatic carbocycles. The molecule has 1 aliphatic rings. The van der Waals surface area contributed by atoms with E-state index in [-0.39, 0.29) is 17.9 Å². The quantitative estimate of drug-likeness (QED) is 0.872. The molecule has 1 heterocycles. The van der Waals surface area contributed by atoms with Gasteiger partial charge < -0.3 is 10.2 Å². The number of nitrogens with one attached hydrogen (secondary N) is 1. The highest BCUT2D eigenvalue weighted by atomic mass is 16.2. The van der Waals surface area contributed by atoms with Crippen LogP contribution in [0.3, 0.4) is 0 Å². The van der Waals surface area contributed by atoms with Crippen LogP contribution in [-0.2, 0) is 6.54 Å². The van der Waals surface area contributed by atoms with E-state index in [2.05, 4.69) is 15.6 Å². The van der Waals surface area contributed by atoms with Crippen molar-refractivity contribution in [1.29, 1.82) is 0 Å².